The maximum Gasteiger partial charge on any atom is 0.434 e. The van der Waals surface area contributed by atoms with Crippen molar-refractivity contribution in [1.82, 2.24) is 0 Å². The number of aromatic hydroxyl groups is 1. The molecule has 0 fully saturated rings. The molecule has 2 amide bonds. The fraction of sp³-hybridized carbons (Fsp3) is 0. The van der Waals surface area contributed by atoms with Gasteiger partial charge in [-0.3, -0.25) is 19.7 Å². The molecule has 0 unspecified atom stereocenters. The van der Waals surface area contributed by atoms with E-state index in [1.807, 2.05) is 0 Å². The van der Waals surface area contributed by atoms with E-state index < -0.39 is 28.4 Å². The van der Waals surface area contributed by atoms with Crippen LogP contribution in [0, 0.1) is 10.1 Å². The van der Waals surface area contributed by atoms with E-state index >= 15 is 0 Å². The summed E-state index contributed by atoms with van der Waals surface area (Å²) in [5, 5.41) is 20.2. The van der Waals surface area contributed by atoms with Gasteiger partial charge in [0.05, 0.1) is 11.6 Å². The smallest absolute Gasteiger partial charge is 0.434 e. The van der Waals surface area contributed by atoms with E-state index in [1.165, 1.54) is 18.2 Å². The maximum absolute atomic E-state index is 11.3. The number of carbonyl (C=O) groups is 2. The number of furan rings is 1. The largest absolute Gasteiger partial charge is 0.507 e. The molecule has 108 valence electrons. The van der Waals surface area contributed by atoms with Crippen molar-refractivity contribution in [3.63, 3.8) is 0 Å². The van der Waals surface area contributed by atoms with Crippen LogP contribution in [0.3, 0.4) is 0 Å². The molecule has 0 spiro atoms. The molecule has 2 aromatic rings. The molecule has 0 aliphatic carbocycles. The number of hydrogen-bond acceptors (Lipinski definition) is 6. The molecular weight excluding hydrogens is 282 g/mol. The number of amides is 2. The summed E-state index contributed by atoms with van der Waals surface area (Å²) in [6.07, 6.45) is 0. The van der Waals surface area contributed by atoms with Gasteiger partial charge in [0, 0.05) is 5.56 Å². The van der Waals surface area contributed by atoms with Gasteiger partial charge < -0.3 is 21.0 Å². The lowest BCUT2D eigenvalue weighted by molar-refractivity contribution is -0.402. The fourth-order valence-corrected chi connectivity index (χ4v) is 1.77. The van der Waals surface area contributed by atoms with Gasteiger partial charge in [-0.15, -0.1) is 0 Å². The van der Waals surface area contributed by atoms with Crippen LogP contribution in [-0.4, -0.2) is 21.8 Å². The number of nitrogens with two attached hydrogens (primary N) is 2. The number of benzene rings is 1. The van der Waals surface area contributed by atoms with E-state index in [0.29, 0.717) is 0 Å². The van der Waals surface area contributed by atoms with Crippen molar-refractivity contribution in [2.75, 3.05) is 0 Å². The van der Waals surface area contributed by atoms with Crippen molar-refractivity contribution in [2.24, 2.45) is 11.5 Å². The number of nitro groups is 1. The van der Waals surface area contributed by atoms with E-state index in [0.717, 1.165) is 6.07 Å². The average Bonchev–Trinajstić information content (AvgIpc) is 2.84. The van der Waals surface area contributed by atoms with Crippen LogP contribution in [0.1, 0.15) is 20.9 Å². The molecule has 0 aliphatic heterocycles. The lowest BCUT2D eigenvalue weighted by Crippen LogP contribution is -2.12. The van der Waals surface area contributed by atoms with E-state index in [1.54, 1.807) is 0 Å². The number of nitrogens with zero attached hydrogens (tertiary/aromatic N) is 1. The van der Waals surface area contributed by atoms with Crippen LogP contribution in [0.5, 0.6) is 5.75 Å². The molecule has 21 heavy (non-hydrogen) atoms. The van der Waals surface area contributed by atoms with Crippen LogP contribution >= 0.6 is 0 Å². The molecule has 1 heterocycles. The second-order valence-corrected chi connectivity index (χ2v) is 4.04. The van der Waals surface area contributed by atoms with E-state index in [4.69, 9.17) is 15.9 Å². The monoisotopic (exact) mass is 291 g/mol. The van der Waals surface area contributed by atoms with Crippen molar-refractivity contribution in [1.29, 1.82) is 0 Å². The molecule has 1 aromatic heterocycles. The zero-order valence-electron chi connectivity index (χ0n) is 10.4. The first-order valence-corrected chi connectivity index (χ1v) is 5.52. The van der Waals surface area contributed by atoms with E-state index in [2.05, 4.69) is 0 Å². The van der Waals surface area contributed by atoms with Crippen molar-refractivity contribution in [2.45, 2.75) is 0 Å². The minimum absolute atomic E-state index is 0.0247. The number of hydrogen-bond donors (Lipinski definition) is 3. The SMILES string of the molecule is NC(=O)c1cc(-c2cc([N+](=O)[O-])oc2C(N)=O)ccc1O. The number of primary amides is 2. The van der Waals surface area contributed by atoms with Crippen LogP contribution in [0.4, 0.5) is 5.88 Å². The zero-order valence-corrected chi connectivity index (χ0v) is 10.4. The number of rotatable bonds is 4. The van der Waals surface area contributed by atoms with Crippen molar-refractivity contribution in [3.8, 4) is 16.9 Å². The highest BCUT2D eigenvalue weighted by atomic mass is 16.6. The standard InChI is InChI=1S/C12H9N3O6/c13-11(17)7-3-5(1-2-8(7)16)6-4-9(15(19)20)21-10(6)12(14)18/h1-4,16H,(H2,13,17)(H2,14,18). The molecule has 1 aromatic carbocycles. The minimum atomic E-state index is -1.01. The molecule has 0 saturated heterocycles. The van der Waals surface area contributed by atoms with Crippen molar-refractivity contribution in [3.05, 3.63) is 45.7 Å². The van der Waals surface area contributed by atoms with Gasteiger partial charge in [0.2, 0.25) is 5.76 Å². The summed E-state index contributed by atoms with van der Waals surface area (Å²) in [7, 11) is 0. The minimum Gasteiger partial charge on any atom is -0.507 e. The van der Waals surface area contributed by atoms with Gasteiger partial charge >= 0.3 is 5.88 Å². The van der Waals surface area contributed by atoms with Gasteiger partial charge in [0.25, 0.3) is 11.8 Å². The summed E-state index contributed by atoms with van der Waals surface area (Å²) in [6.45, 7) is 0. The molecular formula is C12H9N3O6. The molecule has 2 rings (SSSR count). The molecule has 9 heteroatoms. The lowest BCUT2D eigenvalue weighted by atomic mass is 10.0. The summed E-state index contributed by atoms with van der Waals surface area (Å²) < 4.78 is 4.77. The summed E-state index contributed by atoms with van der Waals surface area (Å²) in [6, 6.07) is 4.68. The molecule has 0 radical (unpaired) electrons. The lowest BCUT2D eigenvalue weighted by Gasteiger charge is -2.04. The Morgan fingerprint density at radius 2 is 1.86 bits per heavy atom. The summed E-state index contributed by atoms with van der Waals surface area (Å²) >= 11 is 0. The molecule has 5 N–H and O–H groups in total. The Balaban J connectivity index is 2.66. The number of carbonyl (C=O) groups excluding carboxylic acids is 2. The Morgan fingerprint density at radius 3 is 2.38 bits per heavy atom. The van der Waals surface area contributed by atoms with Crippen molar-refractivity contribution >= 4 is 17.7 Å². The van der Waals surface area contributed by atoms with Crippen LogP contribution < -0.4 is 11.5 Å². The Morgan fingerprint density at radius 1 is 1.19 bits per heavy atom. The first-order chi connectivity index (χ1) is 9.81. The van der Waals surface area contributed by atoms with E-state index in [-0.39, 0.29) is 22.4 Å². The van der Waals surface area contributed by atoms with Crippen LogP contribution in [-0.2, 0) is 0 Å². The van der Waals surface area contributed by atoms with Crippen LogP contribution in [0.15, 0.2) is 28.7 Å². The third-order valence-electron chi connectivity index (χ3n) is 2.70. The third-order valence-corrected chi connectivity index (χ3v) is 2.70. The van der Waals surface area contributed by atoms with Gasteiger partial charge in [-0.25, -0.2) is 0 Å². The predicted molar refractivity (Wildman–Crippen MR) is 69.5 cm³/mol. The highest BCUT2D eigenvalue weighted by Crippen LogP contribution is 2.33. The summed E-state index contributed by atoms with van der Waals surface area (Å²) in [5.74, 6) is -3.36. The summed E-state index contributed by atoms with van der Waals surface area (Å²) in [4.78, 5) is 32.3. The highest BCUT2D eigenvalue weighted by Gasteiger charge is 2.24. The van der Waals surface area contributed by atoms with E-state index in [9.17, 15) is 24.8 Å². The number of phenols is 1. The van der Waals surface area contributed by atoms with Crippen LogP contribution in [0.25, 0.3) is 11.1 Å². The molecule has 0 atom stereocenters. The van der Waals surface area contributed by atoms with Crippen LogP contribution in [0.2, 0.25) is 0 Å². The van der Waals surface area contributed by atoms with Gasteiger partial charge in [-0.1, -0.05) is 6.07 Å². The average molecular weight is 291 g/mol. The molecule has 0 aliphatic rings. The molecule has 9 nitrogen and oxygen atoms in total. The van der Waals surface area contributed by atoms with Gasteiger partial charge in [0.1, 0.15) is 10.7 Å². The first kappa shape index (κ1) is 14.1. The predicted octanol–water partition coefficient (Wildman–Crippen LogP) is 0.758. The normalized spacial score (nSPS) is 10.3. The second-order valence-electron chi connectivity index (χ2n) is 4.04. The fourth-order valence-electron chi connectivity index (χ4n) is 1.77. The maximum atomic E-state index is 11.3. The second kappa shape index (κ2) is 4.96. The zero-order chi connectivity index (χ0) is 15.7. The third kappa shape index (κ3) is 2.52. The highest BCUT2D eigenvalue weighted by molar-refractivity contribution is 6.00. The Hall–Kier alpha value is -3.36. The van der Waals surface area contributed by atoms with Gasteiger partial charge in [0.15, 0.2) is 0 Å². The molecule has 0 saturated carbocycles. The Labute approximate surface area is 116 Å². The van der Waals surface area contributed by atoms with Gasteiger partial charge in [-0.05, 0) is 17.7 Å². The Kier molecular flexibility index (Phi) is 3.32. The Bertz CT molecular complexity index is 764. The molecule has 0 bridgehead atoms. The van der Waals surface area contributed by atoms with Crippen molar-refractivity contribution < 1.29 is 24.0 Å². The first-order valence-electron chi connectivity index (χ1n) is 5.52. The quantitative estimate of drug-likeness (QED) is 0.556. The summed E-state index contributed by atoms with van der Waals surface area (Å²) in [5.41, 5.74) is 10.2. The van der Waals surface area contributed by atoms with Gasteiger partial charge in [-0.2, -0.15) is 0 Å². The topological polar surface area (TPSA) is 163 Å².